The molecule has 0 unspecified atom stereocenters. The van der Waals surface area contributed by atoms with Gasteiger partial charge in [0.2, 0.25) is 11.8 Å². The van der Waals surface area contributed by atoms with Crippen LogP contribution in [0.3, 0.4) is 0 Å². The molecule has 0 bridgehead atoms. The van der Waals surface area contributed by atoms with Crippen LogP contribution in [0.25, 0.3) is 11.5 Å². The summed E-state index contributed by atoms with van der Waals surface area (Å²) in [6.45, 7) is 5.75. The summed E-state index contributed by atoms with van der Waals surface area (Å²) in [5, 5.41) is 11.0. The van der Waals surface area contributed by atoms with Crippen molar-refractivity contribution in [3.05, 3.63) is 36.2 Å². The van der Waals surface area contributed by atoms with E-state index in [-0.39, 0.29) is 23.7 Å². The molecule has 0 radical (unpaired) electrons. The van der Waals surface area contributed by atoms with E-state index in [9.17, 15) is 4.79 Å². The number of benzene rings is 1. The molecule has 6 nitrogen and oxygen atoms in total. The minimum absolute atomic E-state index is 0.0885. The average Bonchev–Trinajstić information content (AvgIpc) is 2.90. The van der Waals surface area contributed by atoms with E-state index in [1.54, 1.807) is 0 Å². The van der Waals surface area contributed by atoms with Gasteiger partial charge in [-0.3, -0.25) is 0 Å². The predicted molar refractivity (Wildman–Crippen MR) is 84.9 cm³/mol. The number of alkyl carbamates (subject to hydrolysis) is 1. The average molecular weight is 315 g/mol. The fourth-order valence-electron chi connectivity index (χ4n) is 2.45. The molecule has 1 aromatic heterocycles. The lowest BCUT2D eigenvalue weighted by atomic mass is 9.82. The van der Waals surface area contributed by atoms with Gasteiger partial charge in [0.05, 0.1) is 0 Å². The van der Waals surface area contributed by atoms with Gasteiger partial charge >= 0.3 is 6.09 Å². The minimum atomic E-state index is -0.378. The summed E-state index contributed by atoms with van der Waals surface area (Å²) in [7, 11) is 0. The molecule has 1 fully saturated rings. The Hall–Kier alpha value is -2.37. The molecule has 122 valence electrons. The maximum absolute atomic E-state index is 11.7. The largest absolute Gasteiger partial charge is 0.446 e. The number of ether oxygens (including phenoxy) is 1. The van der Waals surface area contributed by atoms with Crippen LogP contribution in [0.5, 0.6) is 0 Å². The molecule has 1 saturated carbocycles. The topological polar surface area (TPSA) is 77.2 Å². The SMILES string of the molecule is CC(C)(C)NC(=O)OC1CC(c2nnc(-c3ccccc3)o2)C1. The summed E-state index contributed by atoms with van der Waals surface area (Å²) in [6.07, 6.45) is 0.966. The van der Waals surface area contributed by atoms with Crippen LogP contribution >= 0.6 is 0 Å². The lowest BCUT2D eigenvalue weighted by Gasteiger charge is -2.33. The van der Waals surface area contributed by atoms with Crippen molar-refractivity contribution in [1.82, 2.24) is 15.5 Å². The quantitative estimate of drug-likeness (QED) is 0.938. The van der Waals surface area contributed by atoms with Crippen molar-refractivity contribution in [2.45, 2.75) is 51.2 Å². The molecule has 2 aromatic rings. The number of hydrogen-bond donors (Lipinski definition) is 1. The first-order chi connectivity index (χ1) is 10.9. The van der Waals surface area contributed by atoms with Gasteiger partial charge in [0.1, 0.15) is 6.10 Å². The van der Waals surface area contributed by atoms with E-state index in [2.05, 4.69) is 15.5 Å². The number of amides is 1. The van der Waals surface area contributed by atoms with E-state index in [0.29, 0.717) is 24.6 Å². The van der Waals surface area contributed by atoms with Crippen LogP contribution in [0.2, 0.25) is 0 Å². The first-order valence-corrected chi connectivity index (χ1v) is 7.78. The molecule has 1 aliphatic rings. The number of hydrogen-bond acceptors (Lipinski definition) is 5. The number of nitrogens with one attached hydrogen (secondary N) is 1. The Labute approximate surface area is 135 Å². The zero-order chi connectivity index (χ0) is 16.4. The Kier molecular flexibility index (Phi) is 4.07. The molecule has 23 heavy (non-hydrogen) atoms. The Balaban J connectivity index is 1.52. The molecule has 3 rings (SSSR count). The monoisotopic (exact) mass is 315 g/mol. The third-order valence-corrected chi connectivity index (χ3v) is 3.66. The summed E-state index contributed by atoms with van der Waals surface area (Å²) in [5.74, 6) is 1.29. The van der Waals surface area contributed by atoms with Crippen molar-refractivity contribution < 1.29 is 13.9 Å². The predicted octanol–water partition coefficient (Wildman–Crippen LogP) is 3.51. The highest BCUT2D eigenvalue weighted by molar-refractivity contribution is 5.68. The number of rotatable bonds is 3. The second-order valence-electron chi connectivity index (χ2n) is 6.88. The van der Waals surface area contributed by atoms with E-state index in [0.717, 1.165) is 5.56 Å². The third kappa shape index (κ3) is 3.88. The normalized spacial score (nSPS) is 20.7. The van der Waals surface area contributed by atoms with Crippen molar-refractivity contribution in [3.63, 3.8) is 0 Å². The summed E-state index contributed by atoms with van der Waals surface area (Å²) < 4.78 is 11.1. The fourth-order valence-corrected chi connectivity index (χ4v) is 2.45. The van der Waals surface area contributed by atoms with Crippen LogP contribution in [-0.4, -0.2) is 27.9 Å². The highest BCUT2D eigenvalue weighted by atomic mass is 16.6. The van der Waals surface area contributed by atoms with Gasteiger partial charge < -0.3 is 14.5 Å². The third-order valence-electron chi connectivity index (χ3n) is 3.66. The van der Waals surface area contributed by atoms with Crippen LogP contribution in [0.15, 0.2) is 34.7 Å². The van der Waals surface area contributed by atoms with Crippen molar-refractivity contribution in [2.24, 2.45) is 0 Å². The van der Waals surface area contributed by atoms with E-state index >= 15 is 0 Å². The van der Waals surface area contributed by atoms with Crippen LogP contribution in [0.4, 0.5) is 4.79 Å². The molecule has 0 saturated heterocycles. The molecule has 0 atom stereocenters. The molecular formula is C17H21N3O3. The lowest BCUT2D eigenvalue weighted by molar-refractivity contribution is 0.0300. The van der Waals surface area contributed by atoms with E-state index in [1.165, 1.54) is 0 Å². The molecule has 6 heteroatoms. The Morgan fingerprint density at radius 3 is 2.57 bits per heavy atom. The summed E-state index contributed by atoms with van der Waals surface area (Å²) >= 11 is 0. The Morgan fingerprint density at radius 1 is 1.22 bits per heavy atom. The maximum atomic E-state index is 11.7. The molecule has 1 heterocycles. The molecule has 0 spiro atoms. The van der Waals surface area contributed by atoms with Crippen molar-refractivity contribution in [1.29, 1.82) is 0 Å². The minimum Gasteiger partial charge on any atom is -0.446 e. The lowest BCUT2D eigenvalue weighted by Crippen LogP contribution is -2.44. The van der Waals surface area contributed by atoms with Gasteiger partial charge in [-0.1, -0.05) is 18.2 Å². The van der Waals surface area contributed by atoms with E-state index < -0.39 is 0 Å². The van der Waals surface area contributed by atoms with Gasteiger partial charge in [-0.05, 0) is 45.7 Å². The second kappa shape index (κ2) is 6.02. The standard InChI is InChI=1S/C17H21N3O3/c1-17(2,3)18-16(21)22-13-9-12(10-13)15-20-19-14(23-15)11-7-5-4-6-8-11/h4-8,12-13H,9-10H2,1-3H3,(H,18,21). The van der Waals surface area contributed by atoms with Gasteiger partial charge in [-0.25, -0.2) is 4.79 Å². The second-order valence-corrected chi connectivity index (χ2v) is 6.88. The van der Waals surface area contributed by atoms with Gasteiger partial charge in [0.15, 0.2) is 0 Å². The Bertz CT molecular complexity index is 670. The number of aromatic nitrogens is 2. The summed E-state index contributed by atoms with van der Waals surface area (Å²) in [5.41, 5.74) is 0.611. The van der Waals surface area contributed by atoms with Gasteiger partial charge in [-0.15, -0.1) is 10.2 Å². The number of carbonyl (C=O) groups is 1. The zero-order valence-electron chi connectivity index (χ0n) is 13.6. The first kappa shape index (κ1) is 15.5. The highest BCUT2D eigenvalue weighted by Gasteiger charge is 2.37. The van der Waals surface area contributed by atoms with Crippen molar-refractivity contribution >= 4 is 6.09 Å². The maximum Gasteiger partial charge on any atom is 0.407 e. The van der Waals surface area contributed by atoms with Crippen LogP contribution in [0.1, 0.15) is 45.4 Å². The molecule has 1 aromatic carbocycles. The molecular weight excluding hydrogens is 294 g/mol. The highest BCUT2D eigenvalue weighted by Crippen LogP contribution is 2.38. The number of carbonyl (C=O) groups excluding carboxylic acids is 1. The molecule has 0 aliphatic heterocycles. The fraction of sp³-hybridized carbons (Fsp3) is 0.471. The van der Waals surface area contributed by atoms with Gasteiger partial charge in [0.25, 0.3) is 0 Å². The van der Waals surface area contributed by atoms with Crippen molar-refractivity contribution in [3.8, 4) is 11.5 Å². The number of nitrogens with zero attached hydrogens (tertiary/aromatic N) is 2. The summed E-state index contributed by atoms with van der Waals surface area (Å²) in [6, 6.07) is 9.67. The molecule has 1 amide bonds. The van der Waals surface area contributed by atoms with Crippen LogP contribution < -0.4 is 5.32 Å². The van der Waals surface area contributed by atoms with Gasteiger partial charge in [-0.2, -0.15) is 0 Å². The van der Waals surface area contributed by atoms with Gasteiger partial charge in [0, 0.05) is 17.0 Å². The van der Waals surface area contributed by atoms with Crippen LogP contribution in [0, 0.1) is 0 Å². The van der Waals surface area contributed by atoms with E-state index in [1.807, 2.05) is 51.1 Å². The zero-order valence-corrected chi connectivity index (χ0v) is 13.6. The van der Waals surface area contributed by atoms with Crippen LogP contribution in [-0.2, 0) is 4.74 Å². The van der Waals surface area contributed by atoms with E-state index in [4.69, 9.17) is 9.15 Å². The Morgan fingerprint density at radius 2 is 1.91 bits per heavy atom. The first-order valence-electron chi connectivity index (χ1n) is 7.78. The smallest absolute Gasteiger partial charge is 0.407 e. The molecule has 1 aliphatic carbocycles. The molecule has 1 N–H and O–H groups in total. The summed E-state index contributed by atoms with van der Waals surface area (Å²) in [4.78, 5) is 11.7. The van der Waals surface area contributed by atoms with Crippen molar-refractivity contribution in [2.75, 3.05) is 0 Å².